The molecule has 4 nitrogen and oxygen atoms in total. The van der Waals surface area contributed by atoms with Crippen LogP contribution in [0.1, 0.15) is 26.3 Å². The molecule has 0 aromatic heterocycles. The van der Waals surface area contributed by atoms with Gasteiger partial charge in [0, 0.05) is 6.54 Å². The van der Waals surface area contributed by atoms with Gasteiger partial charge in [0.2, 0.25) is 0 Å². The third kappa shape index (κ3) is 6.53. The molecule has 0 spiro atoms. The van der Waals surface area contributed by atoms with E-state index in [1.165, 1.54) is 12.1 Å². The molecule has 0 fully saturated rings. The van der Waals surface area contributed by atoms with E-state index >= 15 is 0 Å². The van der Waals surface area contributed by atoms with Gasteiger partial charge in [0.1, 0.15) is 11.4 Å². The minimum absolute atomic E-state index is 0.0790. The molecule has 0 aliphatic rings. The van der Waals surface area contributed by atoms with Gasteiger partial charge in [-0.05, 0) is 44.9 Å². The van der Waals surface area contributed by atoms with Crippen molar-refractivity contribution in [2.75, 3.05) is 6.54 Å². The SMILES string of the molecule is CC(C)(C)OC(=O)C(CN)Cc1ccc(OC(F)F)cc1. The predicted octanol–water partition coefficient (Wildman–Crippen LogP) is 2.75. The lowest BCUT2D eigenvalue weighted by Crippen LogP contribution is -2.33. The standard InChI is InChI=1S/C15H21F2NO3/c1-15(2,3)21-13(19)11(9-18)8-10-4-6-12(7-5-10)20-14(16)17/h4-7,11,14H,8-9,18H2,1-3H3. The Morgan fingerprint density at radius 2 is 1.81 bits per heavy atom. The average molecular weight is 301 g/mol. The summed E-state index contributed by atoms with van der Waals surface area (Å²) < 4.78 is 33.7. The Labute approximate surface area is 123 Å². The van der Waals surface area contributed by atoms with Crippen LogP contribution in [0.15, 0.2) is 24.3 Å². The molecule has 6 heteroatoms. The summed E-state index contributed by atoms with van der Waals surface area (Å²) in [5, 5.41) is 0. The van der Waals surface area contributed by atoms with E-state index in [0.29, 0.717) is 6.42 Å². The molecule has 0 amide bonds. The maximum atomic E-state index is 12.0. The van der Waals surface area contributed by atoms with E-state index in [2.05, 4.69) is 4.74 Å². The number of ether oxygens (including phenoxy) is 2. The van der Waals surface area contributed by atoms with Crippen LogP contribution in [0.25, 0.3) is 0 Å². The number of nitrogens with two attached hydrogens (primary N) is 1. The average Bonchev–Trinajstić information content (AvgIpc) is 2.35. The van der Waals surface area contributed by atoms with Crippen LogP contribution in [0.5, 0.6) is 5.75 Å². The lowest BCUT2D eigenvalue weighted by molar-refractivity contribution is -0.159. The van der Waals surface area contributed by atoms with Gasteiger partial charge in [0.05, 0.1) is 5.92 Å². The number of carbonyl (C=O) groups is 1. The fourth-order valence-corrected chi connectivity index (χ4v) is 1.74. The van der Waals surface area contributed by atoms with Gasteiger partial charge in [-0.25, -0.2) is 0 Å². The van der Waals surface area contributed by atoms with Crippen LogP contribution in [0.4, 0.5) is 8.78 Å². The first-order valence-corrected chi connectivity index (χ1v) is 6.68. The van der Waals surface area contributed by atoms with Crippen LogP contribution in [-0.4, -0.2) is 24.7 Å². The van der Waals surface area contributed by atoms with Crippen molar-refractivity contribution in [1.29, 1.82) is 0 Å². The Kier molecular flexibility index (Phi) is 6.08. The number of hydrogen-bond acceptors (Lipinski definition) is 4. The molecule has 1 aromatic rings. The second-order valence-corrected chi connectivity index (χ2v) is 5.69. The van der Waals surface area contributed by atoms with E-state index in [1.807, 2.05) is 0 Å². The maximum absolute atomic E-state index is 12.0. The molecule has 0 radical (unpaired) electrons. The molecule has 0 aliphatic carbocycles. The summed E-state index contributed by atoms with van der Waals surface area (Å²) in [6.07, 6.45) is 0.389. The number of carbonyl (C=O) groups excluding carboxylic acids is 1. The van der Waals surface area contributed by atoms with Gasteiger partial charge in [0.15, 0.2) is 0 Å². The molecule has 118 valence electrons. The fraction of sp³-hybridized carbons (Fsp3) is 0.533. The molecule has 0 aliphatic heterocycles. The first-order valence-electron chi connectivity index (χ1n) is 6.68. The van der Waals surface area contributed by atoms with Crippen molar-refractivity contribution < 1.29 is 23.0 Å². The summed E-state index contributed by atoms with van der Waals surface area (Å²) in [6.45, 7) is 2.66. The molecule has 2 N–H and O–H groups in total. The van der Waals surface area contributed by atoms with Gasteiger partial charge in [-0.15, -0.1) is 0 Å². The fourth-order valence-electron chi connectivity index (χ4n) is 1.74. The third-order valence-corrected chi connectivity index (χ3v) is 2.66. The number of halogens is 2. The molecule has 0 heterocycles. The first-order chi connectivity index (χ1) is 9.71. The minimum Gasteiger partial charge on any atom is -0.460 e. The quantitative estimate of drug-likeness (QED) is 0.821. The predicted molar refractivity (Wildman–Crippen MR) is 75.2 cm³/mol. The van der Waals surface area contributed by atoms with Gasteiger partial charge in [-0.2, -0.15) is 8.78 Å². The van der Waals surface area contributed by atoms with Crippen molar-refractivity contribution in [1.82, 2.24) is 0 Å². The smallest absolute Gasteiger partial charge is 0.387 e. The number of hydrogen-bond donors (Lipinski definition) is 1. The molecule has 0 bridgehead atoms. The largest absolute Gasteiger partial charge is 0.460 e. The molecule has 1 rings (SSSR count). The zero-order valence-corrected chi connectivity index (χ0v) is 12.4. The first kappa shape index (κ1) is 17.4. The maximum Gasteiger partial charge on any atom is 0.387 e. The Bertz CT molecular complexity index is 455. The summed E-state index contributed by atoms with van der Waals surface area (Å²) in [5.74, 6) is -0.751. The summed E-state index contributed by atoms with van der Waals surface area (Å²) in [6, 6.07) is 6.13. The van der Waals surface area contributed by atoms with E-state index in [4.69, 9.17) is 10.5 Å². The van der Waals surface area contributed by atoms with Crippen molar-refractivity contribution in [3.05, 3.63) is 29.8 Å². The van der Waals surface area contributed by atoms with Crippen molar-refractivity contribution in [2.24, 2.45) is 11.7 Å². The molecule has 1 aromatic carbocycles. The summed E-state index contributed by atoms with van der Waals surface area (Å²) in [7, 11) is 0. The zero-order chi connectivity index (χ0) is 16.0. The number of alkyl halides is 2. The van der Waals surface area contributed by atoms with Crippen LogP contribution in [0.2, 0.25) is 0 Å². The van der Waals surface area contributed by atoms with Gasteiger partial charge in [-0.1, -0.05) is 12.1 Å². The summed E-state index contributed by atoms with van der Waals surface area (Å²) >= 11 is 0. The van der Waals surface area contributed by atoms with Crippen LogP contribution < -0.4 is 10.5 Å². The molecule has 21 heavy (non-hydrogen) atoms. The molecular formula is C15H21F2NO3. The molecular weight excluding hydrogens is 280 g/mol. The highest BCUT2D eigenvalue weighted by atomic mass is 19.3. The van der Waals surface area contributed by atoms with Crippen LogP contribution in [0, 0.1) is 5.92 Å². The summed E-state index contributed by atoms with van der Waals surface area (Å²) in [5.41, 5.74) is 5.85. The Balaban J connectivity index is 2.67. The number of rotatable bonds is 6. The lowest BCUT2D eigenvalue weighted by atomic mass is 9.99. The minimum atomic E-state index is -2.85. The van der Waals surface area contributed by atoms with Crippen LogP contribution in [0.3, 0.4) is 0 Å². The Hall–Kier alpha value is -1.69. The highest BCUT2D eigenvalue weighted by molar-refractivity contribution is 5.73. The second kappa shape index (κ2) is 7.36. The zero-order valence-electron chi connectivity index (χ0n) is 12.4. The van der Waals surface area contributed by atoms with E-state index in [0.717, 1.165) is 5.56 Å². The second-order valence-electron chi connectivity index (χ2n) is 5.69. The molecule has 1 atom stereocenters. The third-order valence-electron chi connectivity index (χ3n) is 2.66. The monoisotopic (exact) mass is 301 g/mol. The van der Waals surface area contributed by atoms with Crippen molar-refractivity contribution in [3.63, 3.8) is 0 Å². The van der Waals surface area contributed by atoms with Crippen molar-refractivity contribution in [3.8, 4) is 5.75 Å². The highest BCUT2D eigenvalue weighted by Crippen LogP contribution is 2.19. The Morgan fingerprint density at radius 3 is 2.24 bits per heavy atom. The van der Waals surface area contributed by atoms with E-state index < -0.39 is 18.1 Å². The normalized spacial score (nSPS) is 13.1. The number of benzene rings is 1. The van der Waals surface area contributed by atoms with Gasteiger partial charge in [0.25, 0.3) is 0 Å². The van der Waals surface area contributed by atoms with Crippen molar-refractivity contribution >= 4 is 5.97 Å². The van der Waals surface area contributed by atoms with Gasteiger partial charge >= 0.3 is 12.6 Å². The van der Waals surface area contributed by atoms with Gasteiger partial charge < -0.3 is 15.2 Å². The molecule has 0 saturated carbocycles. The topological polar surface area (TPSA) is 61.5 Å². The van der Waals surface area contributed by atoms with Gasteiger partial charge in [-0.3, -0.25) is 4.79 Å². The van der Waals surface area contributed by atoms with Crippen LogP contribution >= 0.6 is 0 Å². The Morgan fingerprint density at radius 1 is 1.24 bits per heavy atom. The van der Waals surface area contributed by atoms with E-state index in [9.17, 15) is 13.6 Å². The van der Waals surface area contributed by atoms with E-state index in [-0.39, 0.29) is 18.3 Å². The number of esters is 1. The molecule has 0 saturated heterocycles. The summed E-state index contributed by atoms with van der Waals surface area (Å²) in [4.78, 5) is 12.0. The molecule has 1 unspecified atom stereocenters. The lowest BCUT2D eigenvalue weighted by Gasteiger charge is -2.23. The highest BCUT2D eigenvalue weighted by Gasteiger charge is 2.24. The van der Waals surface area contributed by atoms with Crippen LogP contribution in [-0.2, 0) is 16.0 Å². The van der Waals surface area contributed by atoms with Crippen molar-refractivity contribution in [2.45, 2.75) is 39.4 Å². The van der Waals surface area contributed by atoms with E-state index in [1.54, 1.807) is 32.9 Å².